The number of ether oxygens (including phenoxy) is 3. The third-order valence-electron chi connectivity index (χ3n) is 6.14. The number of nitrogens with zero attached hydrogens (tertiary/aromatic N) is 1. The van der Waals surface area contributed by atoms with Gasteiger partial charge in [-0.3, -0.25) is 9.59 Å². The van der Waals surface area contributed by atoms with Gasteiger partial charge in [-0.25, -0.2) is 9.78 Å². The average Bonchev–Trinajstić information content (AvgIpc) is 2.92. The van der Waals surface area contributed by atoms with Crippen LogP contribution >= 0.6 is 11.6 Å². The van der Waals surface area contributed by atoms with Gasteiger partial charge >= 0.3 is 11.9 Å². The summed E-state index contributed by atoms with van der Waals surface area (Å²) in [5, 5.41) is 3.24. The van der Waals surface area contributed by atoms with Crippen molar-refractivity contribution in [1.82, 2.24) is 10.3 Å². The Morgan fingerprint density at radius 2 is 1.59 bits per heavy atom. The van der Waals surface area contributed by atoms with Crippen molar-refractivity contribution in [3.8, 4) is 11.5 Å². The highest BCUT2D eigenvalue weighted by atomic mass is 35.5. The molecule has 1 heterocycles. The van der Waals surface area contributed by atoms with Crippen molar-refractivity contribution in [2.24, 2.45) is 5.92 Å². The molecule has 9 heteroatoms. The molecule has 0 bridgehead atoms. The van der Waals surface area contributed by atoms with Crippen LogP contribution in [0.25, 0.3) is 0 Å². The van der Waals surface area contributed by atoms with Crippen LogP contribution in [0.2, 0.25) is 5.02 Å². The van der Waals surface area contributed by atoms with Crippen LogP contribution in [0.15, 0.2) is 66.9 Å². The van der Waals surface area contributed by atoms with Gasteiger partial charge in [0.1, 0.15) is 12.1 Å². The Kier molecular flexibility index (Phi) is 10.5. The minimum absolute atomic E-state index is 0.114. The smallest absolute Gasteiger partial charge is 0.328 e. The van der Waals surface area contributed by atoms with Gasteiger partial charge in [-0.05, 0) is 43.5 Å². The lowest BCUT2D eigenvalue weighted by Crippen LogP contribution is -2.42. The van der Waals surface area contributed by atoms with Gasteiger partial charge in [-0.1, -0.05) is 67.9 Å². The summed E-state index contributed by atoms with van der Waals surface area (Å²) >= 11 is 6.04. The van der Waals surface area contributed by atoms with Crippen LogP contribution in [0.4, 0.5) is 0 Å². The molecule has 206 valence electrons. The van der Waals surface area contributed by atoms with Gasteiger partial charge < -0.3 is 19.5 Å². The zero-order chi connectivity index (χ0) is 28.5. The maximum atomic E-state index is 13.1. The molecular weight excluding hydrogens is 520 g/mol. The number of amides is 1. The molecule has 0 aliphatic rings. The monoisotopic (exact) mass is 552 g/mol. The molecule has 0 radical (unpaired) electrons. The van der Waals surface area contributed by atoms with Crippen LogP contribution in [0.1, 0.15) is 55.2 Å². The number of benzene rings is 2. The summed E-state index contributed by atoms with van der Waals surface area (Å²) in [5.74, 6) is -2.40. The van der Waals surface area contributed by atoms with E-state index in [2.05, 4.69) is 10.3 Å². The van der Waals surface area contributed by atoms with Gasteiger partial charge in [0.25, 0.3) is 5.91 Å². The van der Waals surface area contributed by atoms with E-state index in [9.17, 15) is 14.4 Å². The molecule has 3 atom stereocenters. The lowest BCUT2D eigenvalue weighted by atomic mass is 9.88. The highest BCUT2D eigenvalue weighted by molar-refractivity contribution is 6.30. The average molecular weight is 553 g/mol. The van der Waals surface area contributed by atoms with Gasteiger partial charge in [-0.2, -0.15) is 0 Å². The van der Waals surface area contributed by atoms with E-state index in [-0.39, 0.29) is 23.1 Å². The summed E-state index contributed by atoms with van der Waals surface area (Å²) in [6.07, 6.45) is 1.47. The predicted octanol–water partition coefficient (Wildman–Crippen LogP) is 5.38. The molecule has 0 saturated carbocycles. The van der Waals surface area contributed by atoms with Crippen molar-refractivity contribution in [3.63, 3.8) is 0 Å². The number of aromatic nitrogens is 1. The molecule has 0 saturated heterocycles. The standard InChI is InChI=1S/C30H33ClN2O6/c1-18(2)29(35)39-27-25(37-5)15-16-32-26(27)28(34)33-19(3)30(36)38-20(4)24(22-9-7-6-8-10-22)17-21-11-13-23(31)14-12-21/h6-16,18-20,24H,17H2,1-5H3,(H,33,34)/t19-,20-,24-/m0/s1. The summed E-state index contributed by atoms with van der Waals surface area (Å²) in [4.78, 5) is 42.4. The van der Waals surface area contributed by atoms with E-state index >= 15 is 0 Å². The number of rotatable bonds is 11. The molecule has 0 fully saturated rings. The Balaban J connectivity index is 1.74. The Morgan fingerprint density at radius 1 is 0.923 bits per heavy atom. The number of halogens is 1. The summed E-state index contributed by atoms with van der Waals surface area (Å²) in [7, 11) is 1.39. The second kappa shape index (κ2) is 13.8. The van der Waals surface area contributed by atoms with Crippen molar-refractivity contribution in [2.45, 2.75) is 52.2 Å². The van der Waals surface area contributed by atoms with Gasteiger partial charge in [0.15, 0.2) is 11.4 Å². The maximum absolute atomic E-state index is 13.1. The second-order valence-corrected chi connectivity index (χ2v) is 9.89. The van der Waals surface area contributed by atoms with Crippen molar-refractivity contribution in [3.05, 3.63) is 88.7 Å². The predicted molar refractivity (Wildman–Crippen MR) is 148 cm³/mol. The number of nitrogens with one attached hydrogen (secondary N) is 1. The molecule has 1 aromatic heterocycles. The van der Waals surface area contributed by atoms with Crippen LogP contribution in [-0.4, -0.2) is 42.1 Å². The Hall–Kier alpha value is -3.91. The zero-order valence-electron chi connectivity index (χ0n) is 22.6. The molecule has 2 aromatic carbocycles. The first-order valence-electron chi connectivity index (χ1n) is 12.7. The van der Waals surface area contributed by atoms with E-state index in [1.54, 1.807) is 13.8 Å². The summed E-state index contributed by atoms with van der Waals surface area (Å²) in [6, 6.07) is 17.8. The Morgan fingerprint density at radius 3 is 2.21 bits per heavy atom. The molecule has 1 N–H and O–H groups in total. The molecule has 8 nitrogen and oxygen atoms in total. The van der Waals surface area contributed by atoms with E-state index in [1.807, 2.05) is 61.5 Å². The van der Waals surface area contributed by atoms with Crippen LogP contribution in [-0.2, 0) is 20.7 Å². The number of methoxy groups -OCH3 is 1. The van der Waals surface area contributed by atoms with Crippen LogP contribution in [0.3, 0.4) is 0 Å². The second-order valence-electron chi connectivity index (χ2n) is 9.45. The highest BCUT2D eigenvalue weighted by Gasteiger charge is 2.29. The molecule has 3 rings (SSSR count). The van der Waals surface area contributed by atoms with Crippen LogP contribution in [0, 0.1) is 5.92 Å². The quantitative estimate of drug-likeness (QED) is 0.318. The molecule has 3 aromatic rings. The van der Waals surface area contributed by atoms with E-state index in [4.69, 9.17) is 25.8 Å². The lowest BCUT2D eigenvalue weighted by Gasteiger charge is -2.26. The zero-order valence-corrected chi connectivity index (χ0v) is 23.4. The Bertz CT molecular complexity index is 1280. The van der Waals surface area contributed by atoms with E-state index < -0.39 is 35.9 Å². The van der Waals surface area contributed by atoms with Crippen LogP contribution in [0.5, 0.6) is 11.5 Å². The summed E-state index contributed by atoms with van der Waals surface area (Å²) < 4.78 is 16.5. The molecule has 39 heavy (non-hydrogen) atoms. The van der Waals surface area contributed by atoms with Gasteiger partial charge in [-0.15, -0.1) is 0 Å². The van der Waals surface area contributed by atoms with E-state index in [0.29, 0.717) is 11.4 Å². The SMILES string of the molecule is COc1ccnc(C(=O)N[C@@H](C)C(=O)O[C@@H](C)[C@H](Cc2ccc(Cl)cc2)c2ccccc2)c1OC(=O)C(C)C. The third-order valence-corrected chi connectivity index (χ3v) is 6.40. The summed E-state index contributed by atoms with van der Waals surface area (Å²) in [5.41, 5.74) is 1.88. The molecule has 0 aliphatic carbocycles. The molecule has 0 spiro atoms. The van der Waals surface area contributed by atoms with Gasteiger partial charge in [0, 0.05) is 23.2 Å². The fourth-order valence-corrected chi connectivity index (χ4v) is 4.02. The fourth-order valence-electron chi connectivity index (χ4n) is 3.89. The number of hydrogen-bond acceptors (Lipinski definition) is 7. The number of esters is 2. The van der Waals surface area contributed by atoms with Crippen molar-refractivity contribution < 1.29 is 28.6 Å². The highest BCUT2D eigenvalue weighted by Crippen LogP contribution is 2.31. The number of pyridine rings is 1. The van der Waals surface area contributed by atoms with Crippen molar-refractivity contribution >= 4 is 29.4 Å². The molecular formula is C30H33ClN2O6. The maximum Gasteiger partial charge on any atom is 0.328 e. The van der Waals surface area contributed by atoms with E-state index in [0.717, 1.165) is 11.1 Å². The minimum Gasteiger partial charge on any atom is -0.493 e. The van der Waals surface area contributed by atoms with Crippen molar-refractivity contribution in [1.29, 1.82) is 0 Å². The van der Waals surface area contributed by atoms with Crippen molar-refractivity contribution in [2.75, 3.05) is 7.11 Å². The molecule has 0 unspecified atom stereocenters. The first-order valence-corrected chi connectivity index (χ1v) is 13.0. The topological polar surface area (TPSA) is 104 Å². The van der Waals surface area contributed by atoms with E-state index in [1.165, 1.54) is 26.3 Å². The van der Waals surface area contributed by atoms with Crippen LogP contribution < -0.4 is 14.8 Å². The minimum atomic E-state index is -1.01. The van der Waals surface area contributed by atoms with Gasteiger partial charge in [0.05, 0.1) is 13.0 Å². The lowest BCUT2D eigenvalue weighted by molar-refractivity contribution is -0.151. The normalized spacial score (nSPS) is 13.2. The molecule has 1 amide bonds. The first kappa shape index (κ1) is 29.6. The largest absolute Gasteiger partial charge is 0.493 e. The number of hydrogen-bond donors (Lipinski definition) is 1. The summed E-state index contributed by atoms with van der Waals surface area (Å²) in [6.45, 7) is 6.68. The third kappa shape index (κ3) is 8.04. The Labute approximate surface area is 233 Å². The fraction of sp³-hybridized carbons (Fsp3) is 0.333. The number of carbonyl (C=O) groups is 3. The number of carbonyl (C=O) groups excluding carboxylic acids is 3. The first-order chi connectivity index (χ1) is 18.6. The molecule has 0 aliphatic heterocycles. The van der Waals surface area contributed by atoms with Gasteiger partial charge in [0.2, 0.25) is 5.75 Å².